The molecule has 102 valence electrons. The third-order valence-corrected chi connectivity index (χ3v) is 5.38. The molecule has 0 saturated heterocycles. The number of thiazole rings is 1. The minimum absolute atomic E-state index is 0.530. The Bertz CT molecular complexity index is 578. The van der Waals surface area contributed by atoms with Crippen molar-refractivity contribution >= 4 is 32.9 Å². The molecule has 1 saturated carbocycles. The largest absolute Gasteiger partial charge is 0.395 e. The average molecular weight is 275 g/mol. The fraction of sp³-hybridized carbons (Fsp3) is 0.533. The van der Waals surface area contributed by atoms with Gasteiger partial charge in [0.2, 0.25) is 0 Å². The highest BCUT2D eigenvalue weighted by atomic mass is 32.1. The summed E-state index contributed by atoms with van der Waals surface area (Å²) in [6, 6.07) is 4.74. The number of nitrogens with one attached hydrogen (secondary N) is 1. The fourth-order valence-electron chi connectivity index (χ4n) is 3.06. The predicted octanol–water partition coefficient (Wildman–Crippen LogP) is 4.12. The zero-order chi connectivity index (χ0) is 13.4. The Hall–Kier alpha value is -1.29. The van der Waals surface area contributed by atoms with Gasteiger partial charge in [-0.15, -0.1) is 11.3 Å². The zero-order valence-electron chi connectivity index (χ0n) is 11.5. The van der Waals surface area contributed by atoms with Gasteiger partial charge in [0.05, 0.1) is 21.6 Å². The van der Waals surface area contributed by atoms with Crippen LogP contribution in [0, 0.1) is 11.8 Å². The van der Waals surface area contributed by atoms with Crippen molar-refractivity contribution in [1.29, 1.82) is 0 Å². The first-order valence-corrected chi connectivity index (χ1v) is 7.93. The highest BCUT2D eigenvalue weighted by molar-refractivity contribution is 7.16. The summed E-state index contributed by atoms with van der Waals surface area (Å²) >= 11 is 1.64. The number of nitrogens with zero attached hydrogens (tertiary/aromatic N) is 1. The number of hydrogen-bond acceptors (Lipinski definition) is 4. The van der Waals surface area contributed by atoms with Crippen LogP contribution in [0.4, 0.5) is 11.4 Å². The molecule has 4 heteroatoms. The first-order chi connectivity index (χ1) is 9.16. The molecule has 0 spiro atoms. The summed E-state index contributed by atoms with van der Waals surface area (Å²) in [5.74, 6) is 1.48. The molecule has 1 aromatic carbocycles. The maximum atomic E-state index is 6.24. The Morgan fingerprint density at radius 3 is 3.00 bits per heavy atom. The van der Waals surface area contributed by atoms with Crippen LogP contribution in [0.3, 0.4) is 0 Å². The molecule has 3 atom stereocenters. The zero-order valence-corrected chi connectivity index (χ0v) is 12.3. The SMILES string of the molecule is CC1CCCC(Nc2ccc3scnc3c2N)C1C. The van der Waals surface area contributed by atoms with Crippen LogP contribution in [0.2, 0.25) is 0 Å². The fourth-order valence-corrected chi connectivity index (χ4v) is 3.76. The van der Waals surface area contributed by atoms with Gasteiger partial charge in [-0.2, -0.15) is 0 Å². The van der Waals surface area contributed by atoms with Crippen LogP contribution in [-0.4, -0.2) is 11.0 Å². The van der Waals surface area contributed by atoms with E-state index >= 15 is 0 Å². The third kappa shape index (κ3) is 2.29. The molecule has 3 N–H and O–H groups in total. The minimum Gasteiger partial charge on any atom is -0.395 e. The maximum absolute atomic E-state index is 6.24. The summed E-state index contributed by atoms with van der Waals surface area (Å²) in [5, 5.41) is 3.65. The molecule has 3 nitrogen and oxygen atoms in total. The Labute approximate surface area is 118 Å². The van der Waals surface area contributed by atoms with Crippen LogP contribution in [0.25, 0.3) is 10.2 Å². The molecule has 0 bridgehead atoms. The Morgan fingerprint density at radius 1 is 1.32 bits per heavy atom. The van der Waals surface area contributed by atoms with Crippen molar-refractivity contribution in [2.45, 2.75) is 39.2 Å². The minimum atomic E-state index is 0.530. The number of nitrogens with two attached hydrogens (primary N) is 1. The summed E-state index contributed by atoms with van der Waals surface area (Å²) in [6.07, 6.45) is 3.89. The van der Waals surface area contributed by atoms with E-state index in [0.717, 1.165) is 27.5 Å². The number of benzene rings is 1. The van der Waals surface area contributed by atoms with Crippen molar-refractivity contribution in [2.24, 2.45) is 11.8 Å². The molecule has 1 aliphatic carbocycles. The van der Waals surface area contributed by atoms with Crippen molar-refractivity contribution in [1.82, 2.24) is 4.98 Å². The summed E-state index contributed by atoms with van der Waals surface area (Å²) < 4.78 is 1.16. The smallest absolute Gasteiger partial charge is 0.106 e. The normalized spacial score (nSPS) is 27.6. The standard InChI is InChI=1S/C15H21N3S/c1-9-4-3-5-11(10(9)2)18-12-6-7-13-15(14(12)16)17-8-19-13/h6-11,18H,3-5,16H2,1-2H3. The van der Waals surface area contributed by atoms with Crippen LogP contribution in [-0.2, 0) is 0 Å². The van der Waals surface area contributed by atoms with Crippen molar-refractivity contribution in [3.05, 3.63) is 17.6 Å². The lowest BCUT2D eigenvalue weighted by Crippen LogP contribution is -2.35. The van der Waals surface area contributed by atoms with E-state index in [4.69, 9.17) is 5.73 Å². The number of nitrogen functional groups attached to an aromatic ring is 1. The van der Waals surface area contributed by atoms with Gasteiger partial charge < -0.3 is 11.1 Å². The molecule has 0 amide bonds. The summed E-state index contributed by atoms with van der Waals surface area (Å²) in [5.41, 5.74) is 10.9. The van der Waals surface area contributed by atoms with Crippen LogP contribution < -0.4 is 11.1 Å². The Morgan fingerprint density at radius 2 is 2.16 bits per heavy atom. The van der Waals surface area contributed by atoms with Crippen molar-refractivity contribution < 1.29 is 0 Å². The maximum Gasteiger partial charge on any atom is 0.106 e. The van der Waals surface area contributed by atoms with Crippen molar-refractivity contribution in [3.8, 4) is 0 Å². The van der Waals surface area contributed by atoms with Crippen LogP contribution in [0.15, 0.2) is 17.6 Å². The molecule has 1 fully saturated rings. The number of hydrogen-bond donors (Lipinski definition) is 2. The summed E-state index contributed by atoms with van der Waals surface area (Å²) in [6.45, 7) is 4.70. The quantitative estimate of drug-likeness (QED) is 0.811. The highest BCUT2D eigenvalue weighted by Crippen LogP contribution is 2.35. The first kappa shape index (κ1) is 12.7. The van der Waals surface area contributed by atoms with Gasteiger partial charge in [0.1, 0.15) is 5.52 Å². The second-order valence-corrected chi connectivity index (χ2v) is 6.63. The second-order valence-electron chi connectivity index (χ2n) is 5.74. The lowest BCUT2D eigenvalue weighted by molar-refractivity contribution is 0.253. The van der Waals surface area contributed by atoms with E-state index in [0.29, 0.717) is 12.0 Å². The van der Waals surface area contributed by atoms with E-state index in [1.54, 1.807) is 11.3 Å². The molecular weight excluding hydrogens is 254 g/mol. The molecule has 19 heavy (non-hydrogen) atoms. The van der Waals surface area contributed by atoms with Crippen molar-refractivity contribution in [3.63, 3.8) is 0 Å². The van der Waals surface area contributed by atoms with Gasteiger partial charge in [-0.3, -0.25) is 0 Å². The van der Waals surface area contributed by atoms with Gasteiger partial charge in [-0.25, -0.2) is 4.98 Å². The molecule has 3 unspecified atom stereocenters. The molecule has 0 aliphatic heterocycles. The van der Waals surface area contributed by atoms with Gasteiger partial charge in [-0.05, 0) is 30.4 Å². The lowest BCUT2D eigenvalue weighted by Gasteiger charge is -2.35. The van der Waals surface area contributed by atoms with Gasteiger partial charge >= 0.3 is 0 Å². The average Bonchev–Trinajstić information content (AvgIpc) is 2.87. The molecule has 3 rings (SSSR count). The van der Waals surface area contributed by atoms with Crippen molar-refractivity contribution in [2.75, 3.05) is 11.1 Å². The van der Waals surface area contributed by atoms with Crippen LogP contribution >= 0.6 is 11.3 Å². The van der Waals surface area contributed by atoms with E-state index in [2.05, 4.69) is 36.3 Å². The second kappa shape index (κ2) is 5.00. The Balaban J connectivity index is 1.86. The molecule has 0 radical (unpaired) electrons. The Kier molecular flexibility index (Phi) is 3.35. The molecule has 1 aromatic heterocycles. The monoisotopic (exact) mass is 275 g/mol. The topological polar surface area (TPSA) is 50.9 Å². The van der Waals surface area contributed by atoms with Gasteiger partial charge in [0.25, 0.3) is 0 Å². The number of rotatable bonds is 2. The lowest BCUT2D eigenvalue weighted by atomic mass is 9.78. The molecular formula is C15H21N3S. The van der Waals surface area contributed by atoms with Gasteiger partial charge in [0.15, 0.2) is 0 Å². The van der Waals surface area contributed by atoms with E-state index in [-0.39, 0.29) is 0 Å². The van der Waals surface area contributed by atoms with Crippen LogP contribution in [0.1, 0.15) is 33.1 Å². The summed E-state index contributed by atoms with van der Waals surface area (Å²) in [4.78, 5) is 4.36. The van der Waals surface area contributed by atoms with E-state index in [1.165, 1.54) is 19.3 Å². The first-order valence-electron chi connectivity index (χ1n) is 7.05. The number of aromatic nitrogens is 1. The molecule has 2 aromatic rings. The van der Waals surface area contributed by atoms with Crippen LogP contribution in [0.5, 0.6) is 0 Å². The van der Waals surface area contributed by atoms with E-state index < -0.39 is 0 Å². The van der Waals surface area contributed by atoms with E-state index in [1.807, 2.05) is 5.51 Å². The third-order valence-electron chi connectivity index (χ3n) is 4.59. The van der Waals surface area contributed by atoms with Gasteiger partial charge in [-0.1, -0.05) is 26.7 Å². The molecule has 1 heterocycles. The number of fused-ring (bicyclic) bond motifs is 1. The van der Waals surface area contributed by atoms with E-state index in [9.17, 15) is 0 Å². The number of anilines is 2. The highest BCUT2D eigenvalue weighted by Gasteiger charge is 2.27. The summed E-state index contributed by atoms with van der Waals surface area (Å²) in [7, 11) is 0. The predicted molar refractivity (Wildman–Crippen MR) is 83.6 cm³/mol. The van der Waals surface area contributed by atoms with Gasteiger partial charge in [0, 0.05) is 6.04 Å². The molecule has 1 aliphatic rings.